The summed E-state index contributed by atoms with van der Waals surface area (Å²) in [4.78, 5) is 21.7. The number of carbonyl (C=O) groups is 1. The summed E-state index contributed by atoms with van der Waals surface area (Å²) in [6.07, 6.45) is -3.07. The van der Waals surface area contributed by atoms with Gasteiger partial charge in [0.15, 0.2) is 0 Å². The third-order valence-corrected chi connectivity index (χ3v) is 4.82. The summed E-state index contributed by atoms with van der Waals surface area (Å²) >= 11 is 0. The second-order valence-corrected chi connectivity index (χ2v) is 6.96. The molecule has 3 rings (SSSR count). The molecule has 0 bridgehead atoms. The number of anilines is 1. The van der Waals surface area contributed by atoms with Crippen molar-refractivity contribution in [3.63, 3.8) is 0 Å². The Hall–Kier alpha value is -2.65. The molecular formula is C18H22F3N5O2. The molecule has 1 aliphatic heterocycles. The fourth-order valence-corrected chi connectivity index (χ4v) is 3.31. The third kappa shape index (κ3) is 4.60. The van der Waals surface area contributed by atoms with Crippen molar-refractivity contribution in [3.05, 3.63) is 34.6 Å². The number of hydrogen-bond acceptors (Lipinski definition) is 6. The lowest BCUT2D eigenvalue weighted by Gasteiger charge is -2.33. The van der Waals surface area contributed by atoms with E-state index in [9.17, 15) is 18.0 Å². The van der Waals surface area contributed by atoms with Crippen LogP contribution in [0.5, 0.6) is 0 Å². The second-order valence-electron chi connectivity index (χ2n) is 6.96. The molecule has 2 aromatic heterocycles. The van der Waals surface area contributed by atoms with Gasteiger partial charge in [-0.15, -0.1) is 0 Å². The second kappa shape index (κ2) is 7.76. The van der Waals surface area contributed by atoms with Gasteiger partial charge in [-0.05, 0) is 33.6 Å². The molecule has 0 aromatic carbocycles. The number of aryl methyl sites for hydroxylation is 3. The Balaban J connectivity index is 1.58. The minimum atomic E-state index is -4.51. The summed E-state index contributed by atoms with van der Waals surface area (Å²) < 4.78 is 44.0. The van der Waals surface area contributed by atoms with Gasteiger partial charge in [0.25, 0.3) is 0 Å². The molecule has 1 aliphatic rings. The Labute approximate surface area is 160 Å². The number of alkyl halides is 3. The Kier molecular flexibility index (Phi) is 5.57. The van der Waals surface area contributed by atoms with Crippen molar-refractivity contribution in [3.8, 4) is 0 Å². The van der Waals surface area contributed by atoms with Gasteiger partial charge in [-0.1, -0.05) is 5.16 Å². The number of halogens is 3. The van der Waals surface area contributed by atoms with Gasteiger partial charge < -0.3 is 14.7 Å². The first kappa shape index (κ1) is 20.1. The average molecular weight is 397 g/mol. The summed E-state index contributed by atoms with van der Waals surface area (Å²) in [7, 11) is 0. The van der Waals surface area contributed by atoms with E-state index in [1.165, 1.54) is 6.92 Å². The lowest BCUT2D eigenvalue weighted by atomic mass is 10.0. The fourth-order valence-electron chi connectivity index (χ4n) is 3.31. The van der Waals surface area contributed by atoms with E-state index in [2.05, 4.69) is 20.4 Å². The van der Waals surface area contributed by atoms with Crippen LogP contribution in [0, 0.1) is 20.8 Å². The predicted octanol–water partition coefficient (Wildman–Crippen LogP) is 2.74. The number of carbonyl (C=O) groups excluding carboxylic acids is 1. The van der Waals surface area contributed by atoms with Gasteiger partial charge >= 0.3 is 6.18 Å². The predicted molar refractivity (Wildman–Crippen MR) is 94.8 cm³/mol. The normalized spacial score (nSPS) is 15.7. The number of rotatable bonds is 4. The van der Waals surface area contributed by atoms with Gasteiger partial charge in [-0.3, -0.25) is 4.79 Å². The monoisotopic (exact) mass is 397 g/mol. The zero-order chi connectivity index (χ0) is 20.5. The van der Waals surface area contributed by atoms with Crippen molar-refractivity contribution >= 4 is 11.7 Å². The Morgan fingerprint density at radius 2 is 1.93 bits per heavy atom. The van der Waals surface area contributed by atoms with E-state index in [4.69, 9.17) is 4.52 Å². The molecule has 152 valence electrons. The first-order chi connectivity index (χ1) is 13.1. The Morgan fingerprint density at radius 3 is 2.50 bits per heavy atom. The number of nitrogens with one attached hydrogen (secondary N) is 1. The van der Waals surface area contributed by atoms with Crippen LogP contribution in [-0.4, -0.2) is 40.2 Å². The molecule has 28 heavy (non-hydrogen) atoms. The zero-order valence-corrected chi connectivity index (χ0v) is 15.9. The molecule has 0 spiro atoms. The highest BCUT2D eigenvalue weighted by Gasteiger charge is 2.34. The first-order valence-corrected chi connectivity index (χ1v) is 9.02. The molecule has 1 saturated heterocycles. The Bertz CT molecular complexity index is 838. The number of piperidine rings is 1. The quantitative estimate of drug-likeness (QED) is 0.854. The molecule has 0 aliphatic carbocycles. The molecule has 0 radical (unpaired) electrons. The van der Waals surface area contributed by atoms with Crippen molar-refractivity contribution in [1.29, 1.82) is 0 Å². The zero-order valence-electron chi connectivity index (χ0n) is 15.9. The number of hydrogen-bond donors (Lipinski definition) is 1. The van der Waals surface area contributed by atoms with Crippen LogP contribution in [0.4, 0.5) is 19.0 Å². The van der Waals surface area contributed by atoms with E-state index < -0.39 is 11.9 Å². The van der Waals surface area contributed by atoms with Crippen LogP contribution in [0.1, 0.15) is 41.4 Å². The fraction of sp³-hybridized carbons (Fsp3) is 0.556. The smallest absolute Gasteiger partial charge is 0.361 e. The molecule has 7 nitrogen and oxygen atoms in total. The van der Waals surface area contributed by atoms with E-state index in [0.717, 1.165) is 11.6 Å². The first-order valence-electron chi connectivity index (χ1n) is 9.02. The number of amides is 1. The highest BCUT2D eigenvalue weighted by molar-refractivity contribution is 5.79. The van der Waals surface area contributed by atoms with E-state index >= 15 is 0 Å². The summed E-state index contributed by atoms with van der Waals surface area (Å²) in [5.74, 6) is 0.854. The van der Waals surface area contributed by atoms with Gasteiger partial charge in [0.05, 0.1) is 12.1 Å². The minimum Gasteiger partial charge on any atom is -0.361 e. The molecule has 1 fully saturated rings. The molecule has 1 amide bonds. The highest BCUT2D eigenvalue weighted by Crippen LogP contribution is 2.30. The summed E-state index contributed by atoms with van der Waals surface area (Å²) in [5.41, 5.74) is 0.540. The standard InChI is InChI=1S/C18H22F3N5O2/c1-10-14(11(2)28-25-10)8-17(27)24-13-4-6-26(7-5-13)16-9-15(18(19,20)21)22-12(3)23-16/h9,13H,4-8H2,1-3H3,(H,24,27). The van der Waals surface area contributed by atoms with Gasteiger partial charge in [-0.2, -0.15) is 13.2 Å². The van der Waals surface area contributed by atoms with Crippen LogP contribution in [0.25, 0.3) is 0 Å². The molecular weight excluding hydrogens is 375 g/mol. The van der Waals surface area contributed by atoms with Crippen LogP contribution in [0.15, 0.2) is 10.6 Å². The number of aromatic nitrogens is 3. The van der Waals surface area contributed by atoms with E-state index in [1.807, 2.05) is 0 Å². The molecule has 0 unspecified atom stereocenters. The SMILES string of the molecule is Cc1nc(N2CCC(NC(=O)Cc3c(C)noc3C)CC2)cc(C(F)(F)F)n1. The van der Waals surface area contributed by atoms with Crippen LogP contribution in [0.2, 0.25) is 0 Å². The lowest BCUT2D eigenvalue weighted by Crippen LogP contribution is -2.45. The van der Waals surface area contributed by atoms with Gasteiger partial charge in [-0.25, -0.2) is 9.97 Å². The van der Waals surface area contributed by atoms with Gasteiger partial charge in [0, 0.05) is 30.8 Å². The van der Waals surface area contributed by atoms with Crippen molar-refractivity contribution in [2.45, 2.75) is 52.3 Å². The summed E-state index contributed by atoms with van der Waals surface area (Å²) in [6.45, 7) is 6.00. The molecule has 1 N–H and O–H groups in total. The average Bonchev–Trinajstić information content (AvgIpc) is 2.93. The number of nitrogens with zero attached hydrogens (tertiary/aromatic N) is 4. The molecule has 0 atom stereocenters. The van der Waals surface area contributed by atoms with Gasteiger partial charge in [0.1, 0.15) is 23.1 Å². The minimum absolute atomic E-state index is 0.0331. The maximum absolute atomic E-state index is 13.0. The van der Waals surface area contributed by atoms with Crippen LogP contribution >= 0.6 is 0 Å². The van der Waals surface area contributed by atoms with Gasteiger partial charge in [0.2, 0.25) is 5.91 Å². The maximum Gasteiger partial charge on any atom is 0.433 e. The largest absolute Gasteiger partial charge is 0.433 e. The van der Waals surface area contributed by atoms with E-state index in [1.54, 1.807) is 18.7 Å². The van der Waals surface area contributed by atoms with E-state index in [-0.39, 0.29) is 30.0 Å². The van der Waals surface area contributed by atoms with Crippen LogP contribution in [0.3, 0.4) is 0 Å². The van der Waals surface area contributed by atoms with E-state index in [0.29, 0.717) is 37.4 Å². The molecule has 2 aromatic rings. The summed E-state index contributed by atoms with van der Waals surface area (Å²) in [5, 5.41) is 6.82. The van der Waals surface area contributed by atoms with Crippen LogP contribution < -0.4 is 10.2 Å². The molecule has 0 saturated carbocycles. The highest BCUT2D eigenvalue weighted by atomic mass is 19.4. The van der Waals surface area contributed by atoms with Crippen molar-refractivity contribution in [2.24, 2.45) is 0 Å². The summed E-state index contributed by atoms with van der Waals surface area (Å²) in [6, 6.07) is 0.942. The van der Waals surface area contributed by atoms with Crippen molar-refractivity contribution in [1.82, 2.24) is 20.4 Å². The lowest BCUT2D eigenvalue weighted by molar-refractivity contribution is -0.141. The maximum atomic E-state index is 13.0. The van der Waals surface area contributed by atoms with Crippen molar-refractivity contribution < 1.29 is 22.5 Å². The third-order valence-electron chi connectivity index (χ3n) is 4.82. The Morgan fingerprint density at radius 1 is 1.25 bits per heavy atom. The molecule has 10 heteroatoms. The molecule has 3 heterocycles. The van der Waals surface area contributed by atoms with Crippen molar-refractivity contribution in [2.75, 3.05) is 18.0 Å². The van der Waals surface area contributed by atoms with Crippen LogP contribution in [-0.2, 0) is 17.4 Å². The topological polar surface area (TPSA) is 84.2 Å².